The Bertz CT molecular complexity index is 487. The maximum atomic E-state index is 11.4. The van der Waals surface area contributed by atoms with Crippen LogP contribution in [0.25, 0.3) is 0 Å². The van der Waals surface area contributed by atoms with Crippen LogP contribution in [0.1, 0.15) is 106 Å². The molecular formula is C23H40N2O. The third kappa shape index (κ3) is 10.6. The molecule has 0 saturated heterocycles. The first-order valence-corrected chi connectivity index (χ1v) is 10.8. The Morgan fingerprint density at radius 3 is 1.96 bits per heavy atom. The Balaban J connectivity index is 2.01. The van der Waals surface area contributed by atoms with Crippen molar-refractivity contribution in [3.8, 4) is 0 Å². The van der Waals surface area contributed by atoms with Crippen LogP contribution in [0.3, 0.4) is 0 Å². The van der Waals surface area contributed by atoms with Crippen LogP contribution in [0.5, 0.6) is 0 Å². The van der Waals surface area contributed by atoms with Crippen molar-refractivity contribution in [2.24, 2.45) is 11.5 Å². The molecule has 0 aliphatic rings. The minimum Gasteiger partial charge on any atom is -0.366 e. The molecule has 1 aromatic rings. The van der Waals surface area contributed by atoms with Gasteiger partial charge in [-0.2, -0.15) is 0 Å². The molecular weight excluding hydrogens is 320 g/mol. The van der Waals surface area contributed by atoms with Crippen molar-refractivity contribution in [3.63, 3.8) is 0 Å². The monoisotopic (exact) mass is 360 g/mol. The molecule has 0 aromatic heterocycles. The summed E-state index contributed by atoms with van der Waals surface area (Å²) in [7, 11) is 0. The third-order valence-electron chi connectivity index (χ3n) is 5.25. The maximum Gasteiger partial charge on any atom is 0.248 e. The quantitative estimate of drug-likeness (QED) is 0.369. The molecule has 0 spiro atoms. The Labute approximate surface area is 160 Å². The first-order chi connectivity index (χ1) is 12.6. The van der Waals surface area contributed by atoms with Gasteiger partial charge in [0.2, 0.25) is 5.91 Å². The van der Waals surface area contributed by atoms with Crippen molar-refractivity contribution in [2.75, 3.05) is 0 Å². The van der Waals surface area contributed by atoms with Crippen LogP contribution >= 0.6 is 0 Å². The van der Waals surface area contributed by atoms with Crippen molar-refractivity contribution >= 4 is 5.91 Å². The fraction of sp³-hybridized carbons (Fsp3) is 0.696. The molecule has 1 rings (SSSR count). The van der Waals surface area contributed by atoms with Gasteiger partial charge in [0.05, 0.1) is 0 Å². The second kappa shape index (κ2) is 14.8. The van der Waals surface area contributed by atoms with Gasteiger partial charge in [-0.15, -0.1) is 0 Å². The number of hydrogen-bond acceptors (Lipinski definition) is 2. The normalized spacial score (nSPS) is 12.2. The van der Waals surface area contributed by atoms with Crippen molar-refractivity contribution in [2.45, 2.75) is 103 Å². The van der Waals surface area contributed by atoms with Gasteiger partial charge >= 0.3 is 0 Å². The van der Waals surface area contributed by atoms with Crippen molar-refractivity contribution < 1.29 is 4.79 Å². The van der Waals surface area contributed by atoms with E-state index < -0.39 is 0 Å². The maximum absolute atomic E-state index is 11.4. The molecule has 4 N–H and O–H groups in total. The summed E-state index contributed by atoms with van der Waals surface area (Å²) in [5.41, 5.74) is 13.3. The minimum atomic E-state index is -0.348. The molecule has 1 amide bonds. The molecule has 0 bridgehead atoms. The summed E-state index contributed by atoms with van der Waals surface area (Å²) >= 11 is 0. The van der Waals surface area contributed by atoms with Gasteiger partial charge < -0.3 is 11.5 Å². The standard InChI is InChI=1S/C23H40N2O/c1-2-3-4-5-6-7-8-9-10-11-12-16-21(24)19-18-20-15-13-14-17-22(20)23(25)26/h13-15,17,21H,2-12,16,18-19,24H2,1H3,(H2,25,26). The van der Waals surface area contributed by atoms with Crippen LogP contribution in [-0.4, -0.2) is 11.9 Å². The number of amides is 1. The van der Waals surface area contributed by atoms with Crippen LogP contribution in [0.2, 0.25) is 0 Å². The second-order valence-electron chi connectivity index (χ2n) is 7.64. The fourth-order valence-corrected chi connectivity index (χ4v) is 3.53. The lowest BCUT2D eigenvalue weighted by Gasteiger charge is -2.13. The Kier molecular flexibility index (Phi) is 12.9. The summed E-state index contributed by atoms with van der Waals surface area (Å²) in [6, 6.07) is 7.81. The molecule has 3 nitrogen and oxygen atoms in total. The lowest BCUT2D eigenvalue weighted by Crippen LogP contribution is -2.21. The van der Waals surface area contributed by atoms with E-state index in [2.05, 4.69) is 6.92 Å². The molecule has 0 aliphatic heterocycles. The molecule has 0 saturated carbocycles. The van der Waals surface area contributed by atoms with E-state index in [1.807, 2.05) is 18.2 Å². The molecule has 0 radical (unpaired) electrons. The summed E-state index contributed by atoms with van der Waals surface area (Å²) in [6.07, 6.45) is 17.8. The Hall–Kier alpha value is -1.35. The van der Waals surface area contributed by atoms with Crippen molar-refractivity contribution in [1.29, 1.82) is 0 Å². The first-order valence-electron chi connectivity index (χ1n) is 10.8. The van der Waals surface area contributed by atoms with E-state index in [-0.39, 0.29) is 11.9 Å². The summed E-state index contributed by atoms with van der Waals surface area (Å²) in [5.74, 6) is -0.348. The highest BCUT2D eigenvalue weighted by Gasteiger charge is 2.09. The predicted molar refractivity (Wildman–Crippen MR) is 112 cm³/mol. The Morgan fingerprint density at radius 2 is 1.38 bits per heavy atom. The molecule has 3 heteroatoms. The summed E-state index contributed by atoms with van der Waals surface area (Å²) < 4.78 is 0. The SMILES string of the molecule is CCCCCCCCCCCCCC(N)CCc1ccccc1C(N)=O. The summed E-state index contributed by atoms with van der Waals surface area (Å²) in [6.45, 7) is 2.27. The lowest BCUT2D eigenvalue weighted by molar-refractivity contribution is 0.0999. The average molecular weight is 361 g/mol. The summed E-state index contributed by atoms with van der Waals surface area (Å²) in [4.78, 5) is 11.4. The van der Waals surface area contributed by atoms with Gasteiger partial charge in [-0.25, -0.2) is 0 Å². The van der Waals surface area contributed by atoms with Gasteiger partial charge in [0, 0.05) is 11.6 Å². The second-order valence-corrected chi connectivity index (χ2v) is 7.64. The van der Waals surface area contributed by atoms with Gasteiger partial charge in [0.15, 0.2) is 0 Å². The van der Waals surface area contributed by atoms with Crippen LogP contribution in [0.4, 0.5) is 0 Å². The number of benzene rings is 1. The number of rotatable bonds is 16. The number of unbranched alkanes of at least 4 members (excludes halogenated alkanes) is 10. The first kappa shape index (κ1) is 22.7. The largest absolute Gasteiger partial charge is 0.366 e. The van der Waals surface area contributed by atoms with Crippen molar-refractivity contribution in [3.05, 3.63) is 35.4 Å². The highest BCUT2D eigenvalue weighted by molar-refractivity contribution is 5.94. The highest BCUT2D eigenvalue weighted by Crippen LogP contribution is 2.15. The van der Waals surface area contributed by atoms with E-state index in [0.717, 1.165) is 24.8 Å². The number of carbonyl (C=O) groups excluding carboxylic acids is 1. The van der Waals surface area contributed by atoms with Crippen LogP contribution in [0, 0.1) is 0 Å². The molecule has 0 aliphatic carbocycles. The molecule has 26 heavy (non-hydrogen) atoms. The van der Waals surface area contributed by atoms with Gasteiger partial charge in [-0.05, 0) is 30.9 Å². The smallest absolute Gasteiger partial charge is 0.248 e. The minimum absolute atomic E-state index is 0.217. The molecule has 0 fully saturated rings. The number of hydrogen-bond donors (Lipinski definition) is 2. The molecule has 1 unspecified atom stereocenters. The van der Waals surface area contributed by atoms with E-state index in [0.29, 0.717) is 5.56 Å². The van der Waals surface area contributed by atoms with E-state index in [4.69, 9.17) is 11.5 Å². The van der Waals surface area contributed by atoms with Gasteiger partial charge in [-0.3, -0.25) is 4.79 Å². The van der Waals surface area contributed by atoms with Crippen LogP contribution in [0.15, 0.2) is 24.3 Å². The number of carbonyl (C=O) groups is 1. The van der Waals surface area contributed by atoms with Crippen LogP contribution in [-0.2, 0) is 6.42 Å². The van der Waals surface area contributed by atoms with Crippen LogP contribution < -0.4 is 11.5 Å². The molecule has 1 aromatic carbocycles. The zero-order valence-corrected chi connectivity index (χ0v) is 16.8. The zero-order chi connectivity index (χ0) is 19.0. The number of nitrogens with two attached hydrogens (primary N) is 2. The number of primary amides is 1. The molecule has 0 heterocycles. The van der Waals surface area contributed by atoms with Gasteiger partial charge in [-0.1, -0.05) is 95.8 Å². The zero-order valence-electron chi connectivity index (χ0n) is 16.8. The predicted octanol–water partition coefficient (Wildman–Crippen LogP) is 5.75. The van der Waals surface area contributed by atoms with Crippen molar-refractivity contribution in [1.82, 2.24) is 0 Å². The average Bonchev–Trinajstić information content (AvgIpc) is 2.64. The van der Waals surface area contributed by atoms with Gasteiger partial charge in [0.1, 0.15) is 0 Å². The third-order valence-corrected chi connectivity index (χ3v) is 5.25. The fourth-order valence-electron chi connectivity index (χ4n) is 3.53. The van der Waals surface area contributed by atoms with E-state index in [1.165, 1.54) is 70.6 Å². The van der Waals surface area contributed by atoms with Gasteiger partial charge in [0.25, 0.3) is 0 Å². The Morgan fingerprint density at radius 1 is 0.846 bits per heavy atom. The molecule has 148 valence electrons. The van der Waals surface area contributed by atoms with E-state index in [1.54, 1.807) is 6.07 Å². The molecule has 1 atom stereocenters. The number of aryl methyl sites for hydroxylation is 1. The van der Waals surface area contributed by atoms with E-state index >= 15 is 0 Å². The highest BCUT2D eigenvalue weighted by atomic mass is 16.1. The topological polar surface area (TPSA) is 69.1 Å². The van der Waals surface area contributed by atoms with E-state index in [9.17, 15) is 4.79 Å². The lowest BCUT2D eigenvalue weighted by atomic mass is 9.97. The summed E-state index contributed by atoms with van der Waals surface area (Å²) in [5, 5.41) is 0.